The van der Waals surface area contributed by atoms with Crippen LogP contribution in [0, 0.1) is 6.92 Å². The molecule has 3 rings (SSSR count). The van der Waals surface area contributed by atoms with Crippen molar-refractivity contribution in [2.45, 2.75) is 39.3 Å². The minimum Gasteiger partial charge on any atom is -0.462 e. The Labute approximate surface area is 123 Å². The topological polar surface area (TPSA) is 66.2 Å². The molecule has 0 amide bonds. The van der Waals surface area contributed by atoms with Gasteiger partial charge in [0.25, 0.3) is 0 Å². The van der Waals surface area contributed by atoms with E-state index in [1.54, 1.807) is 23.9 Å². The molecule has 1 fully saturated rings. The molecule has 2 aromatic heterocycles. The largest absolute Gasteiger partial charge is 0.462 e. The molecular formula is C15H19N3O3. The lowest BCUT2D eigenvalue weighted by molar-refractivity contribution is -0.0370. The molecule has 0 saturated carbocycles. The summed E-state index contributed by atoms with van der Waals surface area (Å²) in [4.78, 5) is 16.6. The van der Waals surface area contributed by atoms with E-state index in [0.29, 0.717) is 23.2 Å². The highest BCUT2D eigenvalue weighted by Crippen LogP contribution is 2.27. The molecule has 3 heterocycles. The summed E-state index contributed by atoms with van der Waals surface area (Å²) < 4.78 is 12.7. The molecule has 2 aromatic rings. The molecule has 1 aliphatic heterocycles. The van der Waals surface area contributed by atoms with Crippen molar-refractivity contribution in [1.29, 1.82) is 0 Å². The van der Waals surface area contributed by atoms with Crippen LogP contribution in [0.2, 0.25) is 0 Å². The molecular weight excluding hydrogens is 270 g/mol. The van der Waals surface area contributed by atoms with Gasteiger partial charge in [0.1, 0.15) is 0 Å². The molecule has 112 valence electrons. The van der Waals surface area contributed by atoms with Gasteiger partial charge in [0.05, 0.1) is 23.8 Å². The Hall–Kier alpha value is -1.95. The van der Waals surface area contributed by atoms with Gasteiger partial charge in [-0.1, -0.05) is 0 Å². The molecule has 1 aliphatic rings. The summed E-state index contributed by atoms with van der Waals surface area (Å²) in [6.45, 7) is 4.74. The first-order valence-electron chi connectivity index (χ1n) is 7.34. The van der Waals surface area contributed by atoms with Crippen LogP contribution in [0.3, 0.4) is 0 Å². The van der Waals surface area contributed by atoms with Crippen molar-refractivity contribution in [3.8, 4) is 0 Å². The maximum atomic E-state index is 12.1. The molecule has 21 heavy (non-hydrogen) atoms. The van der Waals surface area contributed by atoms with E-state index in [0.717, 1.165) is 31.6 Å². The number of rotatable bonds is 3. The van der Waals surface area contributed by atoms with Crippen LogP contribution in [0.1, 0.15) is 48.5 Å². The van der Waals surface area contributed by atoms with Crippen molar-refractivity contribution in [2.24, 2.45) is 0 Å². The number of carbonyl (C=O) groups excluding carboxylic acids is 1. The van der Waals surface area contributed by atoms with Crippen LogP contribution >= 0.6 is 0 Å². The zero-order valence-corrected chi connectivity index (χ0v) is 12.3. The summed E-state index contributed by atoms with van der Waals surface area (Å²) in [6.07, 6.45) is 4.69. The average Bonchev–Trinajstić information content (AvgIpc) is 2.91. The van der Waals surface area contributed by atoms with E-state index in [-0.39, 0.29) is 12.2 Å². The molecule has 0 spiro atoms. The highest BCUT2D eigenvalue weighted by atomic mass is 16.5. The third-order valence-corrected chi connectivity index (χ3v) is 3.62. The van der Waals surface area contributed by atoms with Crippen molar-refractivity contribution in [3.05, 3.63) is 23.5 Å². The van der Waals surface area contributed by atoms with Crippen molar-refractivity contribution in [3.63, 3.8) is 0 Å². The van der Waals surface area contributed by atoms with E-state index in [4.69, 9.17) is 9.47 Å². The van der Waals surface area contributed by atoms with Gasteiger partial charge in [0.2, 0.25) is 0 Å². The number of aryl methyl sites for hydroxylation is 1. The monoisotopic (exact) mass is 289 g/mol. The van der Waals surface area contributed by atoms with E-state index in [2.05, 4.69) is 10.1 Å². The quantitative estimate of drug-likeness (QED) is 0.813. The first-order valence-corrected chi connectivity index (χ1v) is 7.34. The molecule has 0 N–H and O–H groups in total. The maximum absolute atomic E-state index is 12.1. The standard InChI is InChI=1S/C15H19N3O3/c1-3-20-15(19)11-8-10(2)17-14-12(11)9-16-18(14)13-6-4-5-7-21-13/h8-9,13H,3-7H2,1-2H3. The highest BCUT2D eigenvalue weighted by molar-refractivity contribution is 6.02. The molecule has 0 aromatic carbocycles. The fourth-order valence-electron chi connectivity index (χ4n) is 2.65. The maximum Gasteiger partial charge on any atom is 0.338 e. The molecule has 6 nitrogen and oxygen atoms in total. The van der Waals surface area contributed by atoms with Crippen LogP contribution in [0.4, 0.5) is 0 Å². The van der Waals surface area contributed by atoms with Crippen molar-refractivity contribution in [2.75, 3.05) is 13.2 Å². The van der Waals surface area contributed by atoms with Crippen molar-refractivity contribution >= 4 is 17.0 Å². The third kappa shape index (κ3) is 2.63. The van der Waals surface area contributed by atoms with E-state index >= 15 is 0 Å². The first kappa shape index (κ1) is 14.0. The minimum atomic E-state index is -0.336. The van der Waals surface area contributed by atoms with Gasteiger partial charge in [0.15, 0.2) is 11.9 Å². The lowest BCUT2D eigenvalue weighted by Gasteiger charge is -2.23. The van der Waals surface area contributed by atoms with Gasteiger partial charge in [-0.3, -0.25) is 0 Å². The molecule has 0 radical (unpaired) electrons. The van der Waals surface area contributed by atoms with Crippen LogP contribution in [0.15, 0.2) is 12.3 Å². The number of carbonyl (C=O) groups is 1. The molecule has 1 atom stereocenters. The number of pyridine rings is 1. The van der Waals surface area contributed by atoms with Gasteiger partial charge >= 0.3 is 5.97 Å². The zero-order chi connectivity index (χ0) is 14.8. The fraction of sp³-hybridized carbons (Fsp3) is 0.533. The van der Waals surface area contributed by atoms with Crippen LogP contribution in [0.5, 0.6) is 0 Å². The predicted octanol–water partition coefficient (Wildman–Crippen LogP) is 2.62. The molecule has 0 bridgehead atoms. The normalized spacial score (nSPS) is 18.9. The summed E-state index contributed by atoms with van der Waals surface area (Å²) in [5, 5.41) is 5.10. The number of hydrogen-bond acceptors (Lipinski definition) is 5. The average molecular weight is 289 g/mol. The zero-order valence-electron chi connectivity index (χ0n) is 12.3. The lowest BCUT2D eigenvalue weighted by atomic mass is 10.1. The molecule has 1 unspecified atom stereocenters. The second-order valence-corrected chi connectivity index (χ2v) is 5.18. The Morgan fingerprint density at radius 3 is 3.10 bits per heavy atom. The Bertz CT molecular complexity index is 659. The van der Waals surface area contributed by atoms with E-state index in [1.165, 1.54) is 0 Å². The Morgan fingerprint density at radius 1 is 1.52 bits per heavy atom. The van der Waals surface area contributed by atoms with E-state index in [1.807, 2.05) is 6.92 Å². The number of aromatic nitrogens is 3. The van der Waals surface area contributed by atoms with Crippen LogP contribution < -0.4 is 0 Å². The number of esters is 1. The van der Waals surface area contributed by atoms with E-state index in [9.17, 15) is 4.79 Å². The summed E-state index contributed by atoms with van der Waals surface area (Å²) in [5.74, 6) is -0.336. The van der Waals surface area contributed by atoms with Gasteiger partial charge in [-0.25, -0.2) is 14.5 Å². The number of fused-ring (bicyclic) bond motifs is 1. The second-order valence-electron chi connectivity index (χ2n) is 5.18. The Balaban J connectivity index is 2.06. The van der Waals surface area contributed by atoms with Gasteiger partial charge in [-0.2, -0.15) is 5.10 Å². The van der Waals surface area contributed by atoms with E-state index < -0.39 is 0 Å². The highest BCUT2D eigenvalue weighted by Gasteiger charge is 2.22. The van der Waals surface area contributed by atoms with Gasteiger partial charge in [-0.15, -0.1) is 0 Å². The minimum absolute atomic E-state index is 0.0967. The third-order valence-electron chi connectivity index (χ3n) is 3.62. The Morgan fingerprint density at radius 2 is 2.38 bits per heavy atom. The second kappa shape index (κ2) is 5.81. The summed E-state index contributed by atoms with van der Waals surface area (Å²) in [7, 11) is 0. The van der Waals surface area contributed by atoms with Crippen molar-refractivity contribution in [1.82, 2.24) is 14.8 Å². The number of nitrogens with zero attached hydrogens (tertiary/aromatic N) is 3. The smallest absolute Gasteiger partial charge is 0.338 e. The first-order chi connectivity index (χ1) is 10.2. The number of hydrogen-bond donors (Lipinski definition) is 0. The fourth-order valence-corrected chi connectivity index (χ4v) is 2.65. The van der Waals surface area contributed by atoms with Gasteiger partial charge in [0, 0.05) is 12.3 Å². The van der Waals surface area contributed by atoms with Gasteiger partial charge < -0.3 is 9.47 Å². The van der Waals surface area contributed by atoms with Crippen LogP contribution in [0.25, 0.3) is 11.0 Å². The summed E-state index contributed by atoms with van der Waals surface area (Å²) in [5.41, 5.74) is 1.97. The molecule has 1 saturated heterocycles. The van der Waals surface area contributed by atoms with Crippen LogP contribution in [-0.4, -0.2) is 33.9 Å². The van der Waals surface area contributed by atoms with Crippen molar-refractivity contribution < 1.29 is 14.3 Å². The molecule has 0 aliphatic carbocycles. The SMILES string of the molecule is CCOC(=O)c1cc(C)nc2c1cnn2C1CCCCO1. The summed E-state index contributed by atoms with van der Waals surface area (Å²) >= 11 is 0. The van der Waals surface area contributed by atoms with Crippen LogP contribution in [-0.2, 0) is 9.47 Å². The summed E-state index contributed by atoms with van der Waals surface area (Å²) in [6, 6.07) is 1.74. The predicted molar refractivity (Wildman–Crippen MR) is 77.1 cm³/mol. The lowest BCUT2D eigenvalue weighted by Crippen LogP contribution is -2.19. The Kier molecular flexibility index (Phi) is 3.88. The number of ether oxygens (including phenoxy) is 2. The van der Waals surface area contributed by atoms with Gasteiger partial charge in [-0.05, 0) is 39.2 Å². The molecule has 6 heteroatoms.